The highest BCUT2D eigenvalue weighted by molar-refractivity contribution is 14.1. The van der Waals surface area contributed by atoms with E-state index in [0.29, 0.717) is 12.3 Å². The molecule has 0 radical (unpaired) electrons. The van der Waals surface area contributed by atoms with E-state index in [4.69, 9.17) is 0 Å². The van der Waals surface area contributed by atoms with E-state index < -0.39 is 0 Å². The predicted molar refractivity (Wildman–Crippen MR) is 87.0 cm³/mol. The van der Waals surface area contributed by atoms with Crippen LogP contribution in [0.2, 0.25) is 0 Å². The molecule has 94 valence electrons. The third kappa shape index (κ3) is 3.17. The molecule has 2 rings (SSSR count). The Labute approximate surface area is 129 Å². The molecule has 2 aromatic rings. The molecule has 0 aliphatic rings. The first-order chi connectivity index (χ1) is 8.58. The van der Waals surface area contributed by atoms with Crippen molar-refractivity contribution in [1.29, 1.82) is 0 Å². The molecule has 4 heteroatoms. The maximum atomic E-state index is 9.92. The fourth-order valence-corrected chi connectivity index (χ4v) is 2.38. The SMILES string of the molecule is Cc1cccc(CNc2ccc(I)c(Br)c2)c1O. The summed E-state index contributed by atoms with van der Waals surface area (Å²) in [5.74, 6) is 0.370. The van der Waals surface area contributed by atoms with Gasteiger partial charge in [0.1, 0.15) is 5.75 Å². The predicted octanol–water partition coefficient (Wildman–Crippen LogP) is 4.68. The number of halogens is 2. The van der Waals surface area contributed by atoms with Crippen molar-refractivity contribution in [3.63, 3.8) is 0 Å². The van der Waals surface area contributed by atoms with Crippen molar-refractivity contribution < 1.29 is 5.11 Å². The second-order valence-electron chi connectivity index (χ2n) is 4.07. The van der Waals surface area contributed by atoms with Crippen molar-refractivity contribution >= 4 is 44.2 Å². The highest BCUT2D eigenvalue weighted by Crippen LogP contribution is 2.25. The summed E-state index contributed by atoms with van der Waals surface area (Å²) in [5.41, 5.74) is 2.84. The van der Waals surface area contributed by atoms with Crippen LogP contribution in [0.1, 0.15) is 11.1 Å². The average molecular weight is 418 g/mol. The van der Waals surface area contributed by atoms with Crippen LogP contribution < -0.4 is 5.32 Å². The molecule has 0 aromatic heterocycles. The van der Waals surface area contributed by atoms with Crippen LogP contribution >= 0.6 is 38.5 Å². The molecule has 0 saturated carbocycles. The van der Waals surface area contributed by atoms with Gasteiger partial charge in [0.2, 0.25) is 0 Å². The van der Waals surface area contributed by atoms with Gasteiger partial charge in [-0.25, -0.2) is 0 Å². The number of phenolic OH excluding ortho intramolecular Hbond substituents is 1. The zero-order valence-corrected chi connectivity index (χ0v) is 13.6. The number of aryl methyl sites for hydroxylation is 1. The number of anilines is 1. The van der Waals surface area contributed by atoms with Crippen LogP contribution in [-0.2, 0) is 6.54 Å². The van der Waals surface area contributed by atoms with E-state index >= 15 is 0 Å². The third-order valence-electron chi connectivity index (χ3n) is 2.72. The van der Waals surface area contributed by atoms with Crippen LogP contribution in [0.15, 0.2) is 40.9 Å². The van der Waals surface area contributed by atoms with Crippen molar-refractivity contribution in [1.82, 2.24) is 0 Å². The summed E-state index contributed by atoms with van der Waals surface area (Å²) in [7, 11) is 0. The molecule has 2 aromatic carbocycles. The van der Waals surface area contributed by atoms with E-state index in [1.807, 2.05) is 43.3 Å². The lowest BCUT2D eigenvalue weighted by molar-refractivity contribution is 0.465. The van der Waals surface area contributed by atoms with E-state index in [9.17, 15) is 5.11 Å². The first-order valence-electron chi connectivity index (χ1n) is 5.54. The van der Waals surface area contributed by atoms with Crippen LogP contribution in [0.5, 0.6) is 5.75 Å². The summed E-state index contributed by atoms with van der Waals surface area (Å²) >= 11 is 5.78. The number of nitrogens with one attached hydrogen (secondary N) is 1. The summed E-state index contributed by atoms with van der Waals surface area (Å²) in [5, 5.41) is 13.2. The summed E-state index contributed by atoms with van der Waals surface area (Å²) in [6.45, 7) is 2.51. The minimum absolute atomic E-state index is 0.370. The van der Waals surface area contributed by atoms with Crippen LogP contribution in [0.3, 0.4) is 0 Å². The maximum absolute atomic E-state index is 9.92. The van der Waals surface area contributed by atoms with Crippen LogP contribution in [0, 0.1) is 10.5 Å². The van der Waals surface area contributed by atoms with E-state index in [1.54, 1.807) is 0 Å². The van der Waals surface area contributed by atoms with Gasteiger partial charge in [-0.05, 0) is 69.2 Å². The Bertz CT molecular complexity index is 572. The lowest BCUT2D eigenvalue weighted by atomic mass is 10.1. The van der Waals surface area contributed by atoms with Crippen molar-refractivity contribution in [2.75, 3.05) is 5.32 Å². The van der Waals surface area contributed by atoms with Crippen LogP contribution in [0.25, 0.3) is 0 Å². The zero-order chi connectivity index (χ0) is 13.1. The van der Waals surface area contributed by atoms with Gasteiger partial charge in [-0.1, -0.05) is 18.2 Å². The molecule has 0 bridgehead atoms. The summed E-state index contributed by atoms with van der Waals surface area (Å²) in [6, 6.07) is 11.9. The molecule has 0 fully saturated rings. The first-order valence-corrected chi connectivity index (χ1v) is 7.41. The van der Waals surface area contributed by atoms with Crippen molar-refractivity contribution in [3.8, 4) is 5.75 Å². The van der Waals surface area contributed by atoms with Gasteiger partial charge in [0.05, 0.1) is 0 Å². The standard InChI is InChI=1S/C14H13BrINO/c1-9-3-2-4-10(14(9)18)8-17-11-5-6-13(16)12(15)7-11/h2-7,17-18H,8H2,1H3. The van der Waals surface area contributed by atoms with E-state index in [-0.39, 0.29) is 0 Å². The van der Waals surface area contributed by atoms with Crippen LogP contribution in [0.4, 0.5) is 5.69 Å². The fourth-order valence-electron chi connectivity index (χ4n) is 1.67. The molecule has 18 heavy (non-hydrogen) atoms. The Balaban J connectivity index is 2.11. The normalized spacial score (nSPS) is 10.4. The Morgan fingerprint density at radius 2 is 2.06 bits per heavy atom. The highest BCUT2D eigenvalue weighted by atomic mass is 127. The van der Waals surface area contributed by atoms with Gasteiger partial charge in [-0.2, -0.15) is 0 Å². The molecule has 0 aliphatic carbocycles. The van der Waals surface area contributed by atoms with Crippen molar-refractivity contribution in [2.24, 2.45) is 0 Å². The third-order valence-corrected chi connectivity index (χ3v) is 5.06. The monoisotopic (exact) mass is 417 g/mol. The molecular weight excluding hydrogens is 405 g/mol. The molecule has 2 N–H and O–H groups in total. The highest BCUT2D eigenvalue weighted by Gasteiger charge is 2.04. The van der Waals surface area contributed by atoms with Gasteiger partial charge in [-0.3, -0.25) is 0 Å². The van der Waals surface area contributed by atoms with E-state index in [1.165, 1.54) is 3.57 Å². The van der Waals surface area contributed by atoms with Crippen LogP contribution in [-0.4, -0.2) is 5.11 Å². The van der Waals surface area contributed by atoms with Crippen molar-refractivity contribution in [2.45, 2.75) is 13.5 Å². The second-order valence-corrected chi connectivity index (χ2v) is 6.08. The Morgan fingerprint density at radius 1 is 1.28 bits per heavy atom. The number of para-hydroxylation sites is 1. The maximum Gasteiger partial charge on any atom is 0.123 e. The molecule has 0 unspecified atom stereocenters. The lowest BCUT2D eigenvalue weighted by Gasteiger charge is -2.10. The first kappa shape index (κ1) is 13.7. The Hall–Kier alpha value is -0.750. The molecule has 2 nitrogen and oxygen atoms in total. The van der Waals surface area contributed by atoms with Gasteiger partial charge in [-0.15, -0.1) is 0 Å². The number of rotatable bonds is 3. The molecule has 0 heterocycles. The largest absolute Gasteiger partial charge is 0.507 e. The van der Waals surface area contributed by atoms with E-state index in [2.05, 4.69) is 43.8 Å². The number of aromatic hydroxyl groups is 1. The average Bonchev–Trinajstić information content (AvgIpc) is 2.35. The molecule has 0 atom stereocenters. The summed E-state index contributed by atoms with van der Waals surface area (Å²) < 4.78 is 2.25. The van der Waals surface area contributed by atoms with Gasteiger partial charge in [0, 0.05) is 25.8 Å². The Morgan fingerprint density at radius 3 is 2.78 bits per heavy atom. The van der Waals surface area contributed by atoms with E-state index in [0.717, 1.165) is 21.3 Å². The minimum atomic E-state index is 0.370. The lowest BCUT2D eigenvalue weighted by Crippen LogP contribution is -2.00. The van der Waals surface area contributed by atoms with Crippen molar-refractivity contribution in [3.05, 3.63) is 55.6 Å². The molecule has 0 saturated heterocycles. The number of hydrogen-bond donors (Lipinski definition) is 2. The second kappa shape index (κ2) is 5.93. The van der Waals surface area contributed by atoms with Gasteiger partial charge < -0.3 is 10.4 Å². The van der Waals surface area contributed by atoms with Gasteiger partial charge >= 0.3 is 0 Å². The topological polar surface area (TPSA) is 32.3 Å². The molecule has 0 aliphatic heterocycles. The number of hydrogen-bond acceptors (Lipinski definition) is 2. The quantitative estimate of drug-likeness (QED) is 0.710. The fraction of sp³-hybridized carbons (Fsp3) is 0.143. The van der Waals surface area contributed by atoms with Gasteiger partial charge in [0.15, 0.2) is 0 Å². The summed E-state index contributed by atoms with van der Waals surface area (Å²) in [6.07, 6.45) is 0. The Kier molecular flexibility index (Phi) is 4.50. The summed E-state index contributed by atoms with van der Waals surface area (Å²) in [4.78, 5) is 0. The van der Waals surface area contributed by atoms with Gasteiger partial charge in [0.25, 0.3) is 0 Å². The zero-order valence-electron chi connectivity index (χ0n) is 9.87. The molecule has 0 amide bonds. The minimum Gasteiger partial charge on any atom is -0.507 e. The number of phenols is 1. The number of benzene rings is 2. The smallest absolute Gasteiger partial charge is 0.123 e. The molecule has 0 spiro atoms. The molecular formula is C14H13BrINO.